The smallest absolute Gasteiger partial charge is 0.299 e. The van der Waals surface area contributed by atoms with E-state index in [-0.39, 0.29) is 25.6 Å². The summed E-state index contributed by atoms with van der Waals surface area (Å²) < 4.78 is 5.21. The van der Waals surface area contributed by atoms with Crippen molar-refractivity contribution in [1.29, 1.82) is 5.26 Å². The molecule has 19 heavy (non-hydrogen) atoms. The number of allylic oxidation sites excluding steroid dienone is 4. The average molecular weight is 257 g/mol. The first-order chi connectivity index (χ1) is 9.26. The number of carbonyl (C=O) groups is 1. The van der Waals surface area contributed by atoms with E-state index in [0.29, 0.717) is 0 Å². The third-order valence-electron chi connectivity index (χ3n) is 2.95. The maximum atomic E-state index is 11.7. The average Bonchev–Trinajstić information content (AvgIpc) is 2.69. The van der Waals surface area contributed by atoms with Crippen LogP contribution < -0.4 is 0 Å². The number of rotatable bonds is 7. The molecule has 0 amide bonds. The first-order valence-corrected chi connectivity index (χ1v) is 6.83. The fourth-order valence-electron chi connectivity index (χ4n) is 1.81. The van der Waals surface area contributed by atoms with Gasteiger partial charge in [-0.2, -0.15) is 0 Å². The summed E-state index contributed by atoms with van der Waals surface area (Å²) in [6.07, 6.45) is 13.8. The molecule has 0 unspecified atom stereocenters. The lowest BCUT2D eigenvalue weighted by Gasteiger charge is -2.06. The first-order valence-electron chi connectivity index (χ1n) is 6.83. The van der Waals surface area contributed by atoms with Crippen LogP contribution in [0.25, 0.3) is 0 Å². The van der Waals surface area contributed by atoms with Crippen molar-refractivity contribution in [1.82, 2.24) is 0 Å². The maximum Gasteiger partial charge on any atom is 0.299 e. The zero-order chi connectivity index (χ0) is 13.9. The molecule has 0 aromatic carbocycles. The second kappa shape index (κ2) is 9.21. The highest BCUT2D eigenvalue weighted by atomic mass is 16.5. The van der Waals surface area contributed by atoms with Crippen LogP contribution in [-0.4, -0.2) is 19.3 Å². The van der Waals surface area contributed by atoms with Crippen LogP contribution in [0, 0.1) is 11.2 Å². The lowest BCUT2D eigenvalue weighted by Crippen LogP contribution is -2.18. The van der Waals surface area contributed by atoms with Crippen molar-refractivity contribution in [2.45, 2.75) is 38.8 Å². The second-order valence-electron chi connectivity index (χ2n) is 4.64. The Kier molecular flexibility index (Phi) is 7.42. The summed E-state index contributed by atoms with van der Waals surface area (Å²) in [6.45, 7) is 2.14. The van der Waals surface area contributed by atoms with E-state index in [9.17, 15) is 4.79 Å². The van der Waals surface area contributed by atoms with Gasteiger partial charge in [0.1, 0.15) is 6.61 Å². The fraction of sp³-hybridized carbons (Fsp3) is 0.467. The standard InChI is InChI=1S/C15H20BNO2/c1-2-3-10-16(13-17)11-15(18)19-12-14-8-6-4-5-7-9-14/h4,6-9H,2-3,5,10-12H2,1H3. The molecule has 1 rings (SSSR count). The van der Waals surface area contributed by atoms with Crippen LogP contribution in [0.1, 0.15) is 26.2 Å². The Hall–Kier alpha value is -1.76. The van der Waals surface area contributed by atoms with Gasteiger partial charge >= 0.3 is 0 Å². The number of unbranched alkanes of at least 4 members (excludes halogenated alkanes) is 1. The first kappa shape index (κ1) is 15.3. The molecule has 100 valence electrons. The summed E-state index contributed by atoms with van der Waals surface area (Å²) in [4.78, 5) is 11.7. The Morgan fingerprint density at radius 3 is 3.11 bits per heavy atom. The molecule has 0 aromatic heterocycles. The van der Waals surface area contributed by atoms with E-state index in [0.717, 1.165) is 31.2 Å². The summed E-state index contributed by atoms with van der Waals surface area (Å²) in [5.41, 5.74) is 0.976. The molecule has 0 saturated carbocycles. The van der Waals surface area contributed by atoms with Crippen molar-refractivity contribution < 1.29 is 9.53 Å². The van der Waals surface area contributed by atoms with Gasteiger partial charge in [0.15, 0.2) is 0 Å². The number of carbonyl (C=O) groups excluding carboxylic acids is 1. The normalized spacial score (nSPS) is 13.4. The quantitative estimate of drug-likeness (QED) is 0.519. The van der Waals surface area contributed by atoms with Gasteiger partial charge in [0.2, 0.25) is 0 Å². The number of ether oxygens (including phenoxy) is 1. The number of esters is 1. The molecule has 0 saturated heterocycles. The number of nitriles is 1. The Balaban J connectivity index is 2.32. The summed E-state index contributed by atoms with van der Waals surface area (Å²) >= 11 is 0. The van der Waals surface area contributed by atoms with E-state index in [2.05, 4.69) is 12.9 Å². The lowest BCUT2D eigenvalue weighted by atomic mass is 9.46. The molecule has 1 aliphatic rings. The summed E-state index contributed by atoms with van der Waals surface area (Å²) in [5, 5.41) is 8.97. The van der Waals surface area contributed by atoms with E-state index in [1.807, 2.05) is 30.4 Å². The molecule has 3 nitrogen and oxygen atoms in total. The molecule has 0 atom stereocenters. The number of nitrogens with zero attached hydrogens (tertiary/aromatic N) is 1. The van der Waals surface area contributed by atoms with Gasteiger partial charge in [-0.3, -0.25) is 4.79 Å². The molecule has 0 N–H and O–H groups in total. The molecule has 0 fully saturated rings. The van der Waals surface area contributed by atoms with Crippen LogP contribution in [0.5, 0.6) is 0 Å². The lowest BCUT2D eigenvalue weighted by molar-refractivity contribution is -0.139. The van der Waals surface area contributed by atoms with Crippen LogP contribution >= 0.6 is 0 Å². The molecule has 1 aliphatic carbocycles. The zero-order valence-electron chi connectivity index (χ0n) is 11.5. The predicted molar refractivity (Wildman–Crippen MR) is 77.8 cm³/mol. The van der Waals surface area contributed by atoms with Crippen LogP contribution in [0.2, 0.25) is 12.6 Å². The monoisotopic (exact) mass is 257 g/mol. The van der Waals surface area contributed by atoms with Gasteiger partial charge in [0.25, 0.3) is 12.7 Å². The topological polar surface area (TPSA) is 50.1 Å². The van der Waals surface area contributed by atoms with E-state index >= 15 is 0 Å². The third-order valence-corrected chi connectivity index (χ3v) is 2.95. The van der Waals surface area contributed by atoms with Crippen LogP contribution in [0.3, 0.4) is 0 Å². The molecule has 0 radical (unpaired) electrons. The zero-order valence-corrected chi connectivity index (χ0v) is 11.5. The molecule has 0 spiro atoms. The van der Waals surface area contributed by atoms with Gasteiger partial charge in [-0.15, -0.1) is 0 Å². The highest BCUT2D eigenvalue weighted by Gasteiger charge is 2.18. The molecule has 0 heterocycles. The largest absolute Gasteiger partial charge is 0.461 e. The maximum absolute atomic E-state index is 11.7. The summed E-state index contributed by atoms with van der Waals surface area (Å²) in [7, 11) is 0. The van der Waals surface area contributed by atoms with Gasteiger partial charge < -0.3 is 4.74 Å². The molecule has 4 heteroatoms. The Bertz CT molecular complexity index is 418. The molecular formula is C15H20BNO2. The van der Waals surface area contributed by atoms with E-state index in [4.69, 9.17) is 10.00 Å². The van der Waals surface area contributed by atoms with Gasteiger partial charge in [0, 0.05) is 12.3 Å². The third kappa shape index (κ3) is 6.66. The van der Waals surface area contributed by atoms with Gasteiger partial charge in [-0.25, -0.2) is 5.26 Å². The van der Waals surface area contributed by atoms with Crippen molar-refractivity contribution in [3.63, 3.8) is 0 Å². The van der Waals surface area contributed by atoms with E-state index < -0.39 is 0 Å². The molecule has 0 bridgehead atoms. The predicted octanol–water partition coefficient (Wildman–Crippen LogP) is 3.33. The van der Waals surface area contributed by atoms with Crippen molar-refractivity contribution in [2.24, 2.45) is 0 Å². The SMILES string of the molecule is CCCCB(C#N)CC(=O)OCC1=CC=CCC=C1. The van der Waals surface area contributed by atoms with Crippen molar-refractivity contribution in [3.8, 4) is 5.97 Å². The molecule has 0 aliphatic heterocycles. The minimum atomic E-state index is -0.287. The van der Waals surface area contributed by atoms with Gasteiger partial charge in [-0.05, 0) is 12.0 Å². The van der Waals surface area contributed by atoms with Gasteiger partial charge in [-0.1, -0.05) is 56.5 Å². The summed E-state index contributed by atoms with van der Waals surface area (Å²) in [5.74, 6) is 1.89. The molecule has 0 aromatic rings. The number of hydrogen-bond donors (Lipinski definition) is 0. The Morgan fingerprint density at radius 2 is 2.37 bits per heavy atom. The summed E-state index contributed by atoms with van der Waals surface area (Å²) in [6, 6.07) is 0. The Morgan fingerprint density at radius 1 is 1.53 bits per heavy atom. The van der Waals surface area contributed by atoms with Crippen LogP contribution in [-0.2, 0) is 9.53 Å². The second-order valence-corrected chi connectivity index (χ2v) is 4.64. The minimum Gasteiger partial charge on any atom is -0.461 e. The van der Waals surface area contributed by atoms with Crippen molar-refractivity contribution in [3.05, 3.63) is 36.0 Å². The van der Waals surface area contributed by atoms with Crippen LogP contribution in [0.4, 0.5) is 0 Å². The number of hydrogen-bond acceptors (Lipinski definition) is 3. The Labute approximate surface area is 115 Å². The van der Waals surface area contributed by atoms with Gasteiger partial charge in [0.05, 0.1) is 0 Å². The molecular weight excluding hydrogens is 237 g/mol. The minimum absolute atomic E-state index is 0.198. The van der Waals surface area contributed by atoms with Crippen LogP contribution in [0.15, 0.2) is 36.0 Å². The van der Waals surface area contributed by atoms with E-state index in [1.54, 1.807) is 0 Å². The van der Waals surface area contributed by atoms with Crippen molar-refractivity contribution in [2.75, 3.05) is 6.61 Å². The highest BCUT2D eigenvalue weighted by Crippen LogP contribution is 2.09. The van der Waals surface area contributed by atoms with Crippen molar-refractivity contribution >= 4 is 12.7 Å². The highest BCUT2D eigenvalue weighted by molar-refractivity contribution is 6.69. The fourth-order valence-corrected chi connectivity index (χ4v) is 1.81. The van der Waals surface area contributed by atoms with E-state index in [1.165, 1.54) is 0 Å².